The number of rotatable bonds is 3. The zero-order chi connectivity index (χ0) is 7.40. The summed E-state index contributed by atoms with van der Waals surface area (Å²) in [5.74, 6) is 0.822. The summed E-state index contributed by atoms with van der Waals surface area (Å²) in [5.41, 5.74) is 6.37. The average Bonchev–Trinajstić information content (AvgIpc) is 2.37. The SMILES string of the molecule is COCc1cc(CN)co1. The standard InChI is InChI=1S/C7H11NO2/c1-9-5-7-2-6(3-8)4-10-7/h2,4H,3,5,8H2,1H3. The van der Waals surface area contributed by atoms with Gasteiger partial charge in [0.1, 0.15) is 12.4 Å². The second-order valence-corrected chi connectivity index (χ2v) is 2.06. The van der Waals surface area contributed by atoms with Crippen molar-refractivity contribution in [3.8, 4) is 0 Å². The molecule has 0 aliphatic carbocycles. The van der Waals surface area contributed by atoms with E-state index in [0.717, 1.165) is 11.3 Å². The summed E-state index contributed by atoms with van der Waals surface area (Å²) in [6, 6.07) is 1.89. The van der Waals surface area contributed by atoms with Crippen LogP contribution in [0, 0.1) is 0 Å². The fourth-order valence-electron chi connectivity index (χ4n) is 0.751. The highest BCUT2D eigenvalue weighted by atomic mass is 16.5. The summed E-state index contributed by atoms with van der Waals surface area (Å²) < 4.78 is 9.94. The van der Waals surface area contributed by atoms with Gasteiger partial charge in [0.15, 0.2) is 0 Å². The lowest BCUT2D eigenvalue weighted by atomic mass is 10.3. The van der Waals surface area contributed by atoms with Crippen molar-refractivity contribution in [3.05, 3.63) is 23.7 Å². The first-order chi connectivity index (χ1) is 4.86. The lowest BCUT2D eigenvalue weighted by molar-refractivity contribution is 0.164. The molecule has 0 atom stereocenters. The van der Waals surface area contributed by atoms with Crippen LogP contribution < -0.4 is 5.73 Å². The van der Waals surface area contributed by atoms with E-state index in [1.165, 1.54) is 0 Å². The summed E-state index contributed by atoms with van der Waals surface area (Å²) in [7, 11) is 1.63. The Labute approximate surface area is 59.8 Å². The number of ether oxygens (including phenoxy) is 1. The predicted molar refractivity (Wildman–Crippen MR) is 37.3 cm³/mol. The molecule has 0 amide bonds. The van der Waals surface area contributed by atoms with Crippen molar-refractivity contribution in [1.82, 2.24) is 0 Å². The van der Waals surface area contributed by atoms with Crippen molar-refractivity contribution in [1.29, 1.82) is 0 Å². The Hall–Kier alpha value is -0.800. The van der Waals surface area contributed by atoms with E-state index in [9.17, 15) is 0 Å². The maximum Gasteiger partial charge on any atom is 0.129 e. The summed E-state index contributed by atoms with van der Waals surface area (Å²) in [4.78, 5) is 0. The summed E-state index contributed by atoms with van der Waals surface area (Å²) in [5, 5.41) is 0. The quantitative estimate of drug-likeness (QED) is 0.679. The van der Waals surface area contributed by atoms with Crippen LogP contribution in [0.2, 0.25) is 0 Å². The van der Waals surface area contributed by atoms with E-state index in [-0.39, 0.29) is 0 Å². The van der Waals surface area contributed by atoms with Crippen molar-refractivity contribution >= 4 is 0 Å². The summed E-state index contributed by atoms with van der Waals surface area (Å²) in [6.45, 7) is 1.03. The van der Waals surface area contributed by atoms with Crippen LogP contribution >= 0.6 is 0 Å². The van der Waals surface area contributed by atoms with Crippen molar-refractivity contribution in [2.75, 3.05) is 7.11 Å². The van der Waals surface area contributed by atoms with E-state index in [1.54, 1.807) is 13.4 Å². The average molecular weight is 141 g/mol. The third kappa shape index (κ3) is 1.59. The smallest absolute Gasteiger partial charge is 0.129 e. The number of furan rings is 1. The molecule has 1 aromatic heterocycles. The Morgan fingerprint density at radius 3 is 3.00 bits per heavy atom. The molecule has 3 heteroatoms. The molecular weight excluding hydrogens is 130 g/mol. The van der Waals surface area contributed by atoms with Crippen LogP contribution in [0.25, 0.3) is 0 Å². The third-order valence-electron chi connectivity index (χ3n) is 1.23. The minimum Gasteiger partial charge on any atom is -0.467 e. The lowest BCUT2D eigenvalue weighted by Gasteiger charge is -1.89. The van der Waals surface area contributed by atoms with Crippen molar-refractivity contribution in [3.63, 3.8) is 0 Å². The zero-order valence-corrected chi connectivity index (χ0v) is 5.96. The van der Waals surface area contributed by atoms with Gasteiger partial charge in [0.05, 0.1) is 6.26 Å². The van der Waals surface area contributed by atoms with Gasteiger partial charge in [0, 0.05) is 19.2 Å². The van der Waals surface area contributed by atoms with Crippen LogP contribution in [0.1, 0.15) is 11.3 Å². The first-order valence-corrected chi connectivity index (χ1v) is 3.12. The maximum absolute atomic E-state index is 5.36. The fourth-order valence-corrected chi connectivity index (χ4v) is 0.751. The van der Waals surface area contributed by atoms with Crippen LogP contribution in [0.4, 0.5) is 0 Å². The van der Waals surface area contributed by atoms with Gasteiger partial charge in [-0.15, -0.1) is 0 Å². The van der Waals surface area contributed by atoms with Gasteiger partial charge in [-0.05, 0) is 6.07 Å². The normalized spacial score (nSPS) is 10.2. The van der Waals surface area contributed by atoms with Crippen LogP contribution in [0.5, 0.6) is 0 Å². The van der Waals surface area contributed by atoms with E-state index in [0.29, 0.717) is 13.2 Å². The maximum atomic E-state index is 5.36. The Morgan fingerprint density at radius 1 is 1.70 bits per heavy atom. The van der Waals surface area contributed by atoms with Crippen molar-refractivity contribution in [2.24, 2.45) is 5.73 Å². The molecule has 1 rings (SSSR count). The Balaban J connectivity index is 2.59. The monoisotopic (exact) mass is 141 g/mol. The predicted octanol–water partition coefficient (Wildman–Crippen LogP) is 0.885. The molecule has 0 aliphatic heterocycles. The van der Waals surface area contributed by atoms with Gasteiger partial charge in [0.25, 0.3) is 0 Å². The molecular formula is C7H11NO2. The Kier molecular flexibility index (Phi) is 2.48. The topological polar surface area (TPSA) is 48.4 Å². The molecule has 3 nitrogen and oxygen atoms in total. The van der Waals surface area contributed by atoms with Crippen LogP contribution in [0.15, 0.2) is 16.7 Å². The molecule has 1 heterocycles. The first kappa shape index (κ1) is 7.31. The van der Waals surface area contributed by atoms with Gasteiger partial charge in [-0.3, -0.25) is 0 Å². The number of hydrogen-bond donors (Lipinski definition) is 1. The molecule has 0 aliphatic rings. The molecule has 0 unspecified atom stereocenters. The van der Waals surface area contributed by atoms with E-state index in [2.05, 4.69) is 0 Å². The molecule has 0 aromatic carbocycles. The molecule has 2 N–H and O–H groups in total. The van der Waals surface area contributed by atoms with Crippen molar-refractivity contribution in [2.45, 2.75) is 13.2 Å². The Morgan fingerprint density at radius 2 is 2.50 bits per heavy atom. The third-order valence-corrected chi connectivity index (χ3v) is 1.23. The van der Waals surface area contributed by atoms with Crippen LogP contribution in [0.3, 0.4) is 0 Å². The van der Waals surface area contributed by atoms with Gasteiger partial charge in [0.2, 0.25) is 0 Å². The lowest BCUT2D eigenvalue weighted by Crippen LogP contribution is -1.92. The van der Waals surface area contributed by atoms with E-state index < -0.39 is 0 Å². The summed E-state index contributed by atoms with van der Waals surface area (Å²) in [6.07, 6.45) is 1.65. The summed E-state index contributed by atoms with van der Waals surface area (Å²) >= 11 is 0. The Bertz CT molecular complexity index is 195. The van der Waals surface area contributed by atoms with E-state index >= 15 is 0 Å². The van der Waals surface area contributed by atoms with Gasteiger partial charge < -0.3 is 14.9 Å². The molecule has 0 fully saturated rings. The number of nitrogens with two attached hydrogens (primary N) is 1. The minimum absolute atomic E-state index is 0.514. The van der Waals surface area contributed by atoms with Crippen LogP contribution in [-0.2, 0) is 17.9 Å². The first-order valence-electron chi connectivity index (χ1n) is 3.12. The van der Waals surface area contributed by atoms with E-state index in [4.69, 9.17) is 14.9 Å². The second-order valence-electron chi connectivity index (χ2n) is 2.06. The molecule has 56 valence electrons. The van der Waals surface area contributed by atoms with Gasteiger partial charge in [-0.2, -0.15) is 0 Å². The highest BCUT2D eigenvalue weighted by Gasteiger charge is 1.97. The highest BCUT2D eigenvalue weighted by molar-refractivity contribution is 5.11. The molecule has 10 heavy (non-hydrogen) atoms. The highest BCUT2D eigenvalue weighted by Crippen LogP contribution is 2.07. The van der Waals surface area contributed by atoms with Gasteiger partial charge in [-0.1, -0.05) is 0 Å². The van der Waals surface area contributed by atoms with Crippen LogP contribution in [-0.4, -0.2) is 7.11 Å². The molecule has 1 aromatic rings. The molecule has 0 spiro atoms. The fraction of sp³-hybridized carbons (Fsp3) is 0.429. The van der Waals surface area contributed by atoms with E-state index in [1.807, 2.05) is 6.07 Å². The van der Waals surface area contributed by atoms with Crippen molar-refractivity contribution < 1.29 is 9.15 Å². The number of hydrogen-bond acceptors (Lipinski definition) is 3. The molecule has 0 bridgehead atoms. The minimum atomic E-state index is 0.514. The molecule has 0 radical (unpaired) electrons. The number of methoxy groups -OCH3 is 1. The largest absolute Gasteiger partial charge is 0.467 e. The van der Waals surface area contributed by atoms with Gasteiger partial charge >= 0.3 is 0 Å². The zero-order valence-electron chi connectivity index (χ0n) is 5.96. The van der Waals surface area contributed by atoms with Gasteiger partial charge in [-0.25, -0.2) is 0 Å². The second kappa shape index (κ2) is 3.39. The molecule has 0 saturated carbocycles. The molecule has 0 saturated heterocycles.